The molecule has 0 fully saturated rings. The Labute approximate surface area is 284 Å². The number of para-hydroxylation sites is 4. The van der Waals surface area contributed by atoms with E-state index in [4.69, 9.17) is 0 Å². The summed E-state index contributed by atoms with van der Waals surface area (Å²) in [5.74, 6) is 0. The van der Waals surface area contributed by atoms with Gasteiger partial charge in [-0.3, -0.25) is 0 Å². The fourth-order valence-corrected chi connectivity index (χ4v) is 4.66. The van der Waals surface area contributed by atoms with E-state index in [2.05, 4.69) is 156 Å². The first-order valence-electron chi connectivity index (χ1n) is 17.1. The Morgan fingerprint density at radius 2 is 0.830 bits per heavy atom. The fourth-order valence-electron chi connectivity index (χ4n) is 4.66. The Morgan fingerprint density at radius 3 is 1.28 bits per heavy atom. The molecule has 0 atom stereocenters. The van der Waals surface area contributed by atoms with E-state index in [0.717, 1.165) is 0 Å². The summed E-state index contributed by atoms with van der Waals surface area (Å²) in [5, 5.41) is 5.19. The van der Waals surface area contributed by atoms with Gasteiger partial charge in [-0.05, 0) is 77.0 Å². The summed E-state index contributed by atoms with van der Waals surface area (Å²) in [5.41, 5.74) is 6.24. The molecule has 0 amide bonds. The molecule has 2 N–H and O–H groups in total. The van der Waals surface area contributed by atoms with Crippen LogP contribution in [-0.4, -0.2) is 19.1 Å². The van der Waals surface area contributed by atoms with Crippen molar-refractivity contribution < 1.29 is 0 Å². The molecule has 0 aliphatic rings. The zero-order valence-corrected chi connectivity index (χ0v) is 30.7. The molecule has 0 radical (unpaired) electrons. The minimum atomic E-state index is 1.21. The number of aromatic amines is 2. The van der Waals surface area contributed by atoms with Gasteiger partial charge in [-0.2, -0.15) is 0 Å². The number of nitrogens with one attached hydrogen (secondary N) is 2. The summed E-state index contributed by atoms with van der Waals surface area (Å²) in [4.78, 5) is 6.38. The van der Waals surface area contributed by atoms with Crippen LogP contribution in [0.15, 0.2) is 140 Å². The Kier molecular flexibility index (Phi) is 19.9. The van der Waals surface area contributed by atoms with E-state index in [0.29, 0.717) is 0 Å². The van der Waals surface area contributed by atoms with Gasteiger partial charge in [0.25, 0.3) is 0 Å². The Hall–Kier alpha value is -4.96. The third-order valence-corrected chi connectivity index (χ3v) is 6.72. The van der Waals surface area contributed by atoms with Crippen molar-refractivity contribution in [2.24, 2.45) is 14.1 Å². The summed E-state index contributed by atoms with van der Waals surface area (Å²) in [6, 6.07) is 41.7. The highest BCUT2D eigenvalue weighted by molar-refractivity contribution is 5.81. The highest BCUT2D eigenvalue weighted by atomic mass is 14.9. The maximum atomic E-state index is 3.26. The van der Waals surface area contributed by atoms with Crippen LogP contribution in [0.25, 0.3) is 43.6 Å². The van der Waals surface area contributed by atoms with Crippen LogP contribution < -0.4 is 0 Å². The molecule has 4 nitrogen and oxygen atoms in total. The molecule has 4 aromatic carbocycles. The first kappa shape index (κ1) is 40.1. The van der Waals surface area contributed by atoms with Gasteiger partial charge in [0.1, 0.15) is 0 Å². The molecule has 0 saturated carbocycles. The second kappa shape index (κ2) is 23.4. The van der Waals surface area contributed by atoms with Crippen molar-refractivity contribution in [2.45, 2.75) is 62.3 Å². The molecule has 0 unspecified atom stereocenters. The van der Waals surface area contributed by atoms with E-state index in [9.17, 15) is 0 Å². The molecule has 8 rings (SSSR count). The van der Waals surface area contributed by atoms with Crippen molar-refractivity contribution in [3.63, 3.8) is 0 Å². The summed E-state index contributed by atoms with van der Waals surface area (Å²) in [7, 11) is 4.12. The minimum absolute atomic E-state index is 1.21. The predicted octanol–water partition coefficient (Wildman–Crippen LogP) is 13.1. The standard InChI is InChI=1S/3C9H9N.C8H7N.4C2H6/c2*1-10-7-6-8-4-2-3-5-9(8)10;1-7-6-8-4-2-3-5-9(8)10-7;1-2-4-8-7(3-1)5-6-9-8;4*1-2/h2*2-7H,1H3;2-6,10H,1H3;1-6,9H;4*1-2H3. The van der Waals surface area contributed by atoms with Gasteiger partial charge in [-0.15, -0.1) is 0 Å². The molecule has 4 aromatic heterocycles. The third-order valence-electron chi connectivity index (χ3n) is 6.72. The van der Waals surface area contributed by atoms with Crippen molar-refractivity contribution in [3.8, 4) is 0 Å². The normalized spacial score (nSPS) is 9.17. The minimum Gasteiger partial charge on any atom is -0.361 e. The molecule has 47 heavy (non-hydrogen) atoms. The second-order valence-corrected chi connectivity index (χ2v) is 9.58. The van der Waals surface area contributed by atoms with Crippen LogP contribution in [0.5, 0.6) is 0 Å². The number of H-pyrrole nitrogens is 2. The number of aryl methyl sites for hydroxylation is 3. The number of hydrogen-bond acceptors (Lipinski definition) is 0. The molecule has 0 aliphatic carbocycles. The molecule has 0 saturated heterocycles. The van der Waals surface area contributed by atoms with Crippen molar-refractivity contribution in [1.82, 2.24) is 19.1 Å². The lowest BCUT2D eigenvalue weighted by molar-refractivity contribution is 0.969. The zero-order chi connectivity index (χ0) is 35.0. The van der Waals surface area contributed by atoms with Crippen molar-refractivity contribution in [3.05, 3.63) is 146 Å². The van der Waals surface area contributed by atoms with Gasteiger partial charge in [0.2, 0.25) is 0 Å². The number of aromatic nitrogens is 4. The summed E-state index contributed by atoms with van der Waals surface area (Å²) in [6.45, 7) is 18.1. The van der Waals surface area contributed by atoms with E-state index in [1.807, 2.05) is 79.8 Å². The SMILES string of the molecule is CC.CC.CC.CC.Cc1cc2ccccc2[nH]1.Cn1ccc2ccccc21.Cn1ccc2ccccc21.c1ccc2[nH]ccc2c1. The molecule has 0 bridgehead atoms. The van der Waals surface area contributed by atoms with Crippen molar-refractivity contribution >= 4 is 43.6 Å². The number of nitrogens with zero attached hydrogens (tertiary/aromatic N) is 2. The molecule has 0 aliphatic heterocycles. The average molecular weight is 631 g/mol. The number of hydrogen-bond donors (Lipinski definition) is 2. The summed E-state index contributed by atoms with van der Waals surface area (Å²) >= 11 is 0. The van der Waals surface area contributed by atoms with E-state index in [-0.39, 0.29) is 0 Å². The molecule has 0 spiro atoms. The van der Waals surface area contributed by atoms with Crippen LogP contribution in [0.2, 0.25) is 0 Å². The maximum absolute atomic E-state index is 3.26. The summed E-state index contributed by atoms with van der Waals surface area (Å²) < 4.78 is 4.24. The van der Waals surface area contributed by atoms with Gasteiger partial charge in [-0.1, -0.05) is 128 Å². The van der Waals surface area contributed by atoms with Crippen molar-refractivity contribution in [1.29, 1.82) is 0 Å². The largest absolute Gasteiger partial charge is 0.361 e. The topological polar surface area (TPSA) is 41.4 Å². The quantitative estimate of drug-likeness (QED) is 0.167. The number of fused-ring (bicyclic) bond motifs is 4. The maximum Gasteiger partial charge on any atom is 0.0477 e. The van der Waals surface area contributed by atoms with Gasteiger partial charge in [0.15, 0.2) is 0 Å². The average Bonchev–Trinajstić information content (AvgIpc) is 3.96. The monoisotopic (exact) mass is 630 g/mol. The van der Waals surface area contributed by atoms with Gasteiger partial charge in [-0.25, -0.2) is 0 Å². The van der Waals surface area contributed by atoms with Gasteiger partial charge in [0.05, 0.1) is 0 Å². The van der Waals surface area contributed by atoms with Gasteiger partial charge in [0, 0.05) is 60.4 Å². The number of rotatable bonds is 0. The molecule has 250 valence electrons. The van der Waals surface area contributed by atoms with E-state index >= 15 is 0 Å². The smallest absolute Gasteiger partial charge is 0.0477 e. The van der Waals surface area contributed by atoms with E-state index in [1.165, 1.54) is 49.3 Å². The molecule has 4 heterocycles. The zero-order valence-electron chi connectivity index (χ0n) is 30.7. The lowest BCUT2D eigenvalue weighted by atomic mass is 10.2. The highest BCUT2D eigenvalue weighted by Crippen LogP contribution is 2.14. The van der Waals surface area contributed by atoms with Crippen LogP contribution in [0, 0.1) is 6.92 Å². The van der Waals surface area contributed by atoms with Crippen molar-refractivity contribution in [2.75, 3.05) is 0 Å². The van der Waals surface area contributed by atoms with Crippen LogP contribution >= 0.6 is 0 Å². The van der Waals surface area contributed by atoms with E-state index in [1.54, 1.807) is 0 Å². The second-order valence-electron chi connectivity index (χ2n) is 9.58. The predicted molar refractivity (Wildman–Crippen MR) is 213 cm³/mol. The molecular formula is C43H58N4. The number of benzene rings is 4. The lowest BCUT2D eigenvalue weighted by Gasteiger charge is -1.92. The fraction of sp³-hybridized carbons (Fsp3) is 0.256. The lowest BCUT2D eigenvalue weighted by Crippen LogP contribution is -1.81. The third kappa shape index (κ3) is 12.4. The van der Waals surface area contributed by atoms with Crippen LogP contribution in [0.3, 0.4) is 0 Å². The Morgan fingerprint density at radius 1 is 0.426 bits per heavy atom. The Bertz CT molecular complexity index is 1770. The molecule has 4 heteroatoms. The van der Waals surface area contributed by atoms with Gasteiger partial charge < -0.3 is 19.1 Å². The highest BCUT2D eigenvalue weighted by Gasteiger charge is 1.94. The molecular weight excluding hydrogens is 573 g/mol. The first-order chi connectivity index (χ1) is 23.1. The summed E-state index contributed by atoms with van der Waals surface area (Å²) in [6.07, 6.45) is 6.10. The van der Waals surface area contributed by atoms with E-state index < -0.39 is 0 Å². The van der Waals surface area contributed by atoms with Gasteiger partial charge >= 0.3 is 0 Å². The molecule has 8 aromatic rings. The Balaban J connectivity index is 0.000000292. The van der Waals surface area contributed by atoms with Crippen LogP contribution in [0.1, 0.15) is 61.1 Å². The first-order valence-corrected chi connectivity index (χ1v) is 17.1. The van der Waals surface area contributed by atoms with Crippen LogP contribution in [0.4, 0.5) is 0 Å². The van der Waals surface area contributed by atoms with Crippen LogP contribution in [-0.2, 0) is 14.1 Å².